The van der Waals surface area contributed by atoms with Crippen molar-refractivity contribution in [3.8, 4) is 0 Å². The van der Waals surface area contributed by atoms with E-state index in [4.69, 9.17) is 15.6 Å². The molecule has 7 N–H and O–H groups in total. The van der Waals surface area contributed by atoms with Gasteiger partial charge in [0.05, 0.1) is 0 Å². The molecule has 0 bridgehead atoms. The van der Waals surface area contributed by atoms with Crippen LogP contribution in [0.4, 0.5) is 13.2 Å². The lowest BCUT2D eigenvalue weighted by atomic mass is 10.0. The van der Waals surface area contributed by atoms with Crippen LogP contribution in [0.25, 0.3) is 0 Å². The number of imide groups is 1. The molecule has 0 unspecified atom stereocenters. The molecule has 39 heavy (non-hydrogen) atoms. The zero-order chi connectivity index (χ0) is 30.5. The molecule has 0 radical (unpaired) electrons. The highest BCUT2D eigenvalue weighted by molar-refractivity contribution is 6.14. The summed E-state index contributed by atoms with van der Waals surface area (Å²) >= 11 is 0. The first-order valence-electron chi connectivity index (χ1n) is 11.6. The van der Waals surface area contributed by atoms with Gasteiger partial charge in [0.2, 0.25) is 17.7 Å². The quantitative estimate of drug-likeness (QED) is 0.116. The fraction of sp³-hybridized carbons (Fsp3) is 0.591. The Bertz CT molecular complexity index is 951. The van der Waals surface area contributed by atoms with E-state index in [9.17, 15) is 47.0 Å². The lowest BCUT2D eigenvalue weighted by Crippen LogP contribution is -2.57. The molecule has 0 aliphatic carbocycles. The van der Waals surface area contributed by atoms with Crippen molar-refractivity contribution in [2.75, 3.05) is 13.1 Å². The van der Waals surface area contributed by atoms with Crippen molar-refractivity contribution in [2.24, 2.45) is 11.7 Å². The Morgan fingerprint density at radius 1 is 0.923 bits per heavy atom. The van der Waals surface area contributed by atoms with E-state index in [2.05, 4.69) is 16.0 Å². The first-order chi connectivity index (χ1) is 17.9. The summed E-state index contributed by atoms with van der Waals surface area (Å²) in [6.45, 7) is 4.59. The van der Waals surface area contributed by atoms with Crippen molar-refractivity contribution < 1.29 is 56.9 Å². The Morgan fingerprint density at radius 3 is 1.85 bits per heavy atom. The number of hydrogen-bond donors (Lipinski definition) is 6. The van der Waals surface area contributed by atoms with Crippen LogP contribution < -0.4 is 21.7 Å². The normalized spacial score (nSPS) is 15.1. The number of nitrogens with zero attached hydrogens (tertiary/aromatic N) is 1. The van der Waals surface area contributed by atoms with Crippen LogP contribution in [0.1, 0.15) is 40.0 Å². The second-order valence-corrected chi connectivity index (χ2v) is 8.60. The third-order valence-corrected chi connectivity index (χ3v) is 5.02. The molecule has 1 aliphatic heterocycles. The molecule has 0 aromatic carbocycles. The van der Waals surface area contributed by atoms with Crippen molar-refractivity contribution in [3.63, 3.8) is 0 Å². The molecule has 1 heterocycles. The van der Waals surface area contributed by atoms with Gasteiger partial charge >= 0.3 is 18.1 Å². The van der Waals surface area contributed by atoms with Gasteiger partial charge in [0.15, 0.2) is 0 Å². The molecular weight excluding hydrogens is 535 g/mol. The Morgan fingerprint density at radius 2 is 1.44 bits per heavy atom. The summed E-state index contributed by atoms with van der Waals surface area (Å²) in [4.78, 5) is 81.4. The van der Waals surface area contributed by atoms with Crippen LogP contribution in [0.2, 0.25) is 0 Å². The number of alkyl halides is 3. The lowest BCUT2D eigenvalue weighted by Gasteiger charge is -2.25. The minimum absolute atomic E-state index is 0.201. The maximum atomic E-state index is 12.6. The summed E-state index contributed by atoms with van der Waals surface area (Å²) in [6, 6.07) is -3.22. The van der Waals surface area contributed by atoms with Gasteiger partial charge in [-0.3, -0.25) is 28.9 Å². The van der Waals surface area contributed by atoms with Crippen LogP contribution in [-0.4, -0.2) is 94.0 Å². The monoisotopic (exact) mass is 567 g/mol. The van der Waals surface area contributed by atoms with Gasteiger partial charge in [-0.15, -0.1) is 0 Å². The SMILES string of the molecule is CC(C)[C@H](NC(=O)CN1C(=O)C=CC1=O)C(=O)N[C@@H](C)C(=O)N[C@@H](CCCCN)C(=O)O.O=C(O)C(F)(F)F. The van der Waals surface area contributed by atoms with Crippen LogP contribution in [-0.2, 0) is 33.6 Å². The predicted molar refractivity (Wildman–Crippen MR) is 126 cm³/mol. The second kappa shape index (κ2) is 16.1. The highest BCUT2D eigenvalue weighted by atomic mass is 19.4. The maximum absolute atomic E-state index is 12.6. The first-order valence-corrected chi connectivity index (χ1v) is 11.6. The van der Waals surface area contributed by atoms with Crippen LogP contribution in [0.5, 0.6) is 0 Å². The standard InChI is InChI=1S/C20H31N5O7.C2HF3O2/c1-11(2)17(24-14(26)10-25-15(27)7-8-16(25)28)19(30)22-12(3)18(29)23-13(20(31)32)6-4-5-9-21;3-2(4,5)1(6)7/h7-8,11-13,17H,4-6,9-10,21H2,1-3H3,(H,22,30)(H,23,29)(H,24,26)(H,31,32);(H,6,7)/t12-,13-,17-;/m0./s1. The molecule has 17 heteroatoms. The topological polar surface area (TPSA) is 225 Å². The van der Waals surface area contributed by atoms with Gasteiger partial charge < -0.3 is 31.9 Å². The highest BCUT2D eigenvalue weighted by Crippen LogP contribution is 2.13. The Balaban J connectivity index is 0.00000181. The molecule has 0 fully saturated rings. The van der Waals surface area contributed by atoms with E-state index in [0.717, 1.165) is 17.1 Å². The minimum Gasteiger partial charge on any atom is -0.480 e. The second-order valence-electron chi connectivity index (χ2n) is 8.60. The molecule has 5 amide bonds. The summed E-state index contributed by atoms with van der Waals surface area (Å²) in [5.41, 5.74) is 5.39. The number of hydrogen-bond acceptors (Lipinski definition) is 8. The Hall–Kier alpha value is -4.02. The first kappa shape index (κ1) is 35.0. The third kappa shape index (κ3) is 12.9. The number of nitrogens with two attached hydrogens (primary N) is 1. The van der Waals surface area contributed by atoms with Crippen molar-refractivity contribution in [3.05, 3.63) is 12.2 Å². The van der Waals surface area contributed by atoms with Gasteiger partial charge in [-0.2, -0.15) is 13.2 Å². The summed E-state index contributed by atoms with van der Waals surface area (Å²) in [5, 5.41) is 23.7. The zero-order valence-corrected chi connectivity index (χ0v) is 21.4. The predicted octanol–water partition coefficient (Wildman–Crippen LogP) is -1.11. The molecule has 1 rings (SSSR count). The van der Waals surface area contributed by atoms with Crippen molar-refractivity contribution >= 4 is 41.5 Å². The molecule has 3 atom stereocenters. The summed E-state index contributed by atoms with van der Waals surface area (Å²) in [6.07, 6.45) is -1.65. The number of halogens is 3. The van der Waals surface area contributed by atoms with Crippen molar-refractivity contribution in [1.29, 1.82) is 0 Å². The Kier molecular flexibility index (Phi) is 14.4. The van der Waals surface area contributed by atoms with E-state index in [1.54, 1.807) is 13.8 Å². The van der Waals surface area contributed by atoms with Crippen LogP contribution in [0, 0.1) is 5.92 Å². The number of rotatable bonds is 13. The average Bonchev–Trinajstić information content (AvgIpc) is 3.13. The van der Waals surface area contributed by atoms with Crippen LogP contribution >= 0.6 is 0 Å². The molecule has 0 spiro atoms. The van der Waals surface area contributed by atoms with Gasteiger partial charge in [0.1, 0.15) is 24.7 Å². The molecule has 0 aromatic rings. The number of nitrogens with one attached hydrogen (secondary N) is 3. The maximum Gasteiger partial charge on any atom is 0.490 e. The van der Waals surface area contributed by atoms with Gasteiger partial charge in [0.25, 0.3) is 11.8 Å². The molecular formula is C22H32F3N5O9. The van der Waals surface area contributed by atoms with E-state index in [-0.39, 0.29) is 12.3 Å². The van der Waals surface area contributed by atoms with Gasteiger partial charge in [-0.25, -0.2) is 9.59 Å². The smallest absolute Gasteiger partial charge is 0.480 e. The van der Waals surface area contributed by atoms with Crippen LogP contribution in [0.15, 0.2) is 12.2 Å². The fourth-order valence-corrected chi connectivity index (χ4v) is 2.90. The zero-order valence-electron chi connectivity index (χ0n) is 21.4. The number of amides is 5. The molecule has 0 aromatic heterocycles. The van der Waals surface area contributed by atoms with Gasteiger partial charge in [0, 0.05) is 12.2 Å². The summed E-state index contributed by atoms with van der Waals surface area (Å²) < 4.78 is 31.7. The average molecular weight is 568 g/mol. The number of unbranched alkanes of at least 4 members (excludes halogenated alkanes) is 1. The third-order valence-electron chi connectivity index (χ3n) is 5.02. The molecule has 14 nitrogen and oxygen atoms in total. The van der Waals surface area contributed by atoms with Gasteiger partial charge in [-0.1, -0.05) is 13.8 Å². The van der Waals surface area contributed by atoms with Gasteiger partial charge in [-0.05, 0) is 38.6 Å². The molecule has 220 valence electrons. The van der Waals surface area contributed by atoms with Crippen molar-refractivity contribution in [2.45, 2.75) is 64.3 Å². The Labute approximate surface area is 221 Å². The lowest BCUT2D eigenvalue weighted by molar-refractivity contribution is -0.192. The van der Waals surface area contributed by atoms with E-state index in [1.165, 1.54) is 6.92 Å². The van der Waals surface area contributed by atoms with E-state index in [1.807, 2.05) is 0 Å². The van der Waals surface area contributed by atoms with Crippen LogP contribution in [0.3, 0.4) is 0 Å². The summed E-state index contributed by atoms with van der Waals surface area (Å²) in [7, 11) is 0. The minimum atomic E-state index is -5.08. The number of carboxylic acid groups (broad SMARTS) is 2. The highest BCUT2D eigenvalue weighted by Gasteiger charge is 2.38. The fourth-order valence-electron chi connectivity index (χ4n) is 2.90. The molecule has 0 saturated carbocycles. The number of carboxylic acids is 2. The number of carbonyl (C=O) groups is 7. The van der Waals surface area contributed by atoms with E-state index >= 15 is 0 Å². The molecule has 1 aliphatic rings. The number of aliphatic carboxylic acids is 2. The molecule has 0 saturated heterocycles. The van der Waals surface area contributed by atoms with E-state index < -0.39 is 72.3 Å². The van der Waals surface area contributed by atoms with Crippen molar-refractivity contribution in [1.82, 2.24) is 20.9 Å². The summed E-state index contributed by atoms with van der Waals surface area (Å²) in [5.74, 6) is -7.64. The number of carbonyl (C=O) groups excluding carboxylic acids is 5. The largest absolute Gasteiger partial charge is 0.490 e. The van der Waals surface area contributed by atoms with E-state index in [0.29, 0.717) is 19.4 Å².